The summed E-state index contributed by atoms with van der Waals surface area (Å²) in [5, 5.41) is 8.91. The highest BCUT2D eigenvalue weighted by Crippen LogP contribution is 2.48. The zero-order valence-electron chi connectivity index (χ0n) is 13.1. The van der Waals surface area contributed by atoms with Crippen molar-refractivity contribution < 1.29 is 29.0 Å². The lowest BCUT2D eigenvalue weighted by molar-refractivity contribution is -0.149. The molecule has 3 rings (SSSR count). The van der Waals surface area contributed by atoms with E-state index in [4.69, 9.17) is 9.84 Å². The highest BCUT2D eigenvalue weighted by Gasteiger charge is 2.62. The fourth-order valence-corrected chi connectivity index (χ4v) is 3.76. The highest BCUT2D eigenvalue weighted by molar-refractivity contribution is 6.06. The molecule has 3 heterocycles. The van der Waals surface area contributed by atoms with Crippen molar-refractivity contribution in [3.8, 4) is 0 Å². The summed E-state index contributed by atoms with van der Waals surface area (Å²) in [6.07, 6.45) is 1.20. The third-order valence-corrected chi connectivity index (χ3v) is 5.26. The maximum Gasteiger partial charge on any atom is 0.326 e. The minimum Gasteiger partial charge on any atom is -0.480 e. The monoisotopic (exact) mass is 324 g/mol. The van der Waals surface area contributed by atoms with E-state index in [2.05, 4.69) is 0 Å². The SMILES string of the molecule is CC(C(=O)O)N(C)C(=O)CCN1C(=O)C2C3CCC(O3)C2C1=O. The van der Waals surface area contributed by atoms with Gasteiger partial charge in [-0.15, -0.1) is 0 Å². The molecule has 3 fully saturated rings. The van der Waals surface area contributed by atoms with Gasteiger partial charge in [0.15, 0.2) is 0 Å². The van der Waals surface area contributed by atoms with E-state index >= 15 is 0 Å². The molecule has 0 radical (unpaired) electrons. The van der Waals surface area contributed by atoms with E-state index in [1.54, 1.807) is 0 Å². The number of rotatable bonds is 5. The van der Waals surface area contributed by atoms with E-state index in [0.717, 1.165) is 22.6 Å². The van der Waals surface area contributed by atoms with Crippen molar-refractivity contribution in [2.24, 2.45) is 11.8 Å². The summed E-state index contributed by atoms with van der Waals surface area (Å²) in [5.41, 5.74) is 0. The Morgan fingerprint density at radius 2 is 1.78 bits per heavy atom. The van der Waals surface area contributed by atoms with Gasteiger partial charge in [0, 0.05) is 20.0 Å². The third kappa shape index (κ3) is 2.41. The van der Waals surface area contributed by atoms with Gasteiger partial charge in [0.05, 0.1) is 24.0 Å². The van der Waals surface area contributed by atoms with Gasteiger partial charge in [0.1, 0.15) is 6.04 Å². The fraction of sp³-hybridized carbons (Fsp3) is 0.733. The predicted octanol–water partition coefficient (Wildman–Crippen LogP) is -0.530. The Labute approximate surface area is 133 Å². The smallest absolute Gasteiger partial charge is 0.326 e. The molecule has 0 aromatic rings. The molecule has 23 heavy (non-hydrogen) atoms. The first kappa shape index (κ1) is 15.9. The maximum absolute atomic E-state index is 12.4. The average molecular weight is 324 g/mol. The second-order valence-electron chi connectivity index (χ2n) is 6.44. The van der Waals surface area contributed by atoms with Gasteiger partial charge < -0.3 is 14.7 Å². The molecule has 0 aromatic heterocycles. The molecule has 2 bridgehead atoms. The van der Waals surface area contributed by atoms with Gasteiger partial charge in [-0.25, -0.2) is 4.79 Å². The van der Waals surface area contributed by atoms with Gasteiger partial charge in [0.2, 0.25) is 17.7 Å². The Morgan fingerprint density at radius 1 is 1.26 bits per heavy atom. The number of ether oxygens (including phenoxy) is 1. The number of nitrogens with zero attached hydrogens (tertiary/aromatic N) is 2. The van der Waals surface area contributed by atoms with Crippen molar-refractivity contribution >= 4 is 23.7 Å². The number of hydrogen-bond acceptors (Lipinski definition) is 5. The van der Waals surface area contributed by atoms with Crippen LogP contribution in [-0.4, -0.2) is 70.4 Å². The quantitative estimate of drug-likeness (QED) is 0.682. The number of fused-ring (bicyclic) bond motifs is 5. The van der Waals surface area contributed by atoms with Gasteiger partial charge in [-0.3, -0.25) is 19.3 Å². The first-order chi connectivity index (χ1) is 10.8. The molecule has 5 atom stereocenters. The molecule has 0 aromatic carbocycles. The molecule has 3 aliphatic heterocycles. The van der Waals surface area contributed by atoms with Gasteiger partial charge in [0.25, 0.3) is 0 Å². The number of hydrogen-bond donors (Lipinski definition) is 1. The summed E-state index contributed by atoms with van der Waals surface area (Å²) >= 11 is 0. The first-order valence-corrected chi connectivity index (χ1v) is 7.82. The summed E-state index contributed by atoms with van der Waals surface area (Å²) < 4.78 is 5.64. The van der Waals surface area contributed by atoms with Gasteiger partial charge in [-0.05, 0) is 19.8 Å². The van der Waals surface area contributed by atoms with Crippen LogP contribution >= 0.6 is 0 Å². The molecule has 0 spiro atoms. The van der Waals surface area contributed by atoms with Crippen LogP contribution < -0.4 is 0 Å². The van der Waals surface area contributed by atoms with Crippen LogP contribution in [0, 0.1) is 11.8 Å². The minimum absolute atomic E-state index is 0.000378. The molecule has 8 nitrogen and oxygen atoms in total. The van der Waals surface area contributed by atoms with Gasteiger partial charge >= 0.3 is 5.97 Å². The Balaban J connectivity index is 1.61. The molecule has 3 amide bonds. The Bertz CT molecular complexity index is 548. The lowest BCUT2D eigenvalue weighted by atomic mass is 9.81. The van der Waals surface area contributed by atoms with Crippen LogP contribution in [0.4, 0.5) is 0 Å². The second kappa shape index (κ2) is 5.59. The third-order valence-electron chi connectivity index (χ3n) is 5.26. The number of carbonyl (C=O) groups excluding carboxylic acids is 3. The van der Waals surface area contributed by atoms with Crippen molar-refractivity contribution in [2.45, 2.75) is 44.4 Å². The number of carboxylic acids is 1. The topological polar surface area (TPSA) is 104 Å². The van der Waals surface area contributed by atoms with Crippen LogP contribution in [0.2, 0.25) is 0 Å². The van der Waals surface area contributed by atoms with Crippen LogP contribution in [0.3, 0.4) is 0 Å². The van der Waals surface area contributed by atoms with Crippen molar-refractivity contribution in [1.29, 1.82) is 0 Å². The summed E-state index contributed by atoms with van der Waals surface area (Å²) in [6, 6.07) is -0.948. The second-order valence-corrected chi connectivity index (χ2v) is 6.44. The number of amides is 3. The van der Waals surface area contributed by atoms with Crippen LogP contribution in [0.15, 0.2) is 0 Å². The number of likely N-dealkylation sites (N-methyl/N-ethyl adjacent to an activating group) is 1. The van der Waals surface area contributed by atoms with E-state index in [1.165, 1.54) is 14.0 Å². The predicted molar refractivity (Wildman–Crippen MR) is 76.1 cm³/mol. The Hall–Kier alpha value is -1.96. The average Bonchev–Trinajstić information content (AvgIpc) is 3.18. The van der Waals surface area contributed by atoms with E-state index in [9.17, 15) is 19.2 Å². The van der Waals surface area contributed by atoms with E-state index in [1.807, 2.05) is 0 Å². The molecule has 126 valence electrons. The van der Waals surface area contributed by atoms with Crippen LogP contribution in [-0.2, 0) is 23.9 Å². The van der Waals surface area contributed by atoms with E-state index in [0.29, 0.717) is 0 Å². The zero-order chi connectivity index (χ0) is 16.9. The Kier molecular flexibility index (Phi) is 3.87. The van der Waals surface area contributed by atoms with Crippen LogP contribution in [0.25, 0.3) is 0 Å². The summed E-state index contributed by atoms with van der Waals surface area (Å²) in [5.74, 6) is -2.81. The molecule has 8 heteroatoms. The van der Waals surface area contributed by atoms with Crippen molar-refractivity contribution in [1.82, 2.24) is 9.80 Å². The molecule has 3 aliphatic rings. The van der Waals surface area contributed by atoms with Gasteiger partial charge in [-0.1, -0.05) is 0 Å². The number of likely N-dealkylation sites (tertiary alicyclic amines) is 1. The van der Waals surface area contributed by atoms with Crippen LogP contribution in [0.1, 0.15) is 26.2 Å². The van der Waals surface area contributed by atoms with Crippen molar-refractivity contribution in [3.05, 3.63) is 0 Å². The van der Waals surface area contributed by atoms with E-state index in [-0.39, 0.29) is 37.0 Å². The number of aliphatic carboxylic acids is 1. The Morgan fingerprint density at radius 3 is 2.26 bits per heavy atom. The minimum atomic E-state index is -1.10. The van der Waals surface area contributed by atoms with Gasteiger partial charge in [-0.2, -0.15) is 0 Å². The standard InChI is InChI=1S/C15H20N2O6/c1-7(15(21)22)16(2)10(18)5-6-17-13(19)11-8-3-4-9(23-8)12(11)14(17)20/h7-9,11-12H,3-6H2,1-2H3,(H,21,22). The zero-order valence-corrected chi connectivity index (χ0v) is 13.1. The van der Waals surface area contributed by atoms with Crippen LogP contribution in [0.5, 0.6) is 0 Å². The normalized spacial score (nSPS) is 33.0. The fourth-order valence-electron chi connectivity index (χ4n) is 3.76. The highest BCUT2D eigenvalue weighted by atomic mass is 16.5. The largest absolute Gasteiger partial charge is 0.480 e. The number of imide groups is 1. The number of carbonyl (C=O) groups is 4. The van der Waals surface area contributed by atoms with E-state index < -0.39 is 29.8 Å². The molecule has 3 saturated heterocycles. The molecule has 5 unspecified atom stereocenters. The molecule has 0 saturated carbocycles. The summed E-state index contributed by atoms with van der Waals surface area (Å²) in [4.78, 5) is 50.0. The summed E-state index contributed by atoms with van der Waals surface area (Å²) in [6.45, 7) is 1.41. The number of carboxylic acid groups (broad SMARTS) is 1. The summed E-state index contributed by atoms with van der Waals surface area (Å²) in [7, 11) is 1.40. The molecule has 1 N–H and O–H groups in total. The van der Waals surface area contributed by atoms with Crippen molar-refractivity contribution in [2.75, 3.05) is 13.6 Å². The van der Waals surface area contributed by atoms with Crippen molar-refractivity contribution in [3.63, 3.8) is 0 Å². The maximum atomic E-state index is 12.4. The molecular formula is C15H20N2O6. The molecule has 0 aliphatic carbocycles. The lowest BCUT2D eigenvalue weighted by Crippen LogP contribution is -2.42. The lowest BCUT2D eigenvalue weighted by Gasteiger charge is -2.23. The first-order valence-electron chi connectivity index (χ1n) is 7.82. The molecular weight excluding hydrogens is 304 g/mol.